The average molecular weight is 433 g/mol. The van der Waals surface area contributed by atoms with E-state index in [1.807, 2.05) is 0 Å². The van der Waals surface area contributed by atoms with Crippen molar-refractivity contribution < 1.29 is 22.1 Å². The first-order valence-electron chi connectivity index (χ1n) is 8.94. The molecule has 1 N–H and O–H groups in total. The predicted octanol–water partition coefficient (Wildman–Crippen LogP) is 5.30. The van der Waals surface area contributed by atoms with Crippen LogP contribution < -0.4 is 4.74 Å². The minimum Gasteiger partial charge on any atom is -0.497 e. The van der Waals surface area contributed by atoms with E-state index in [0.717, 1.165) is 23.2 Å². The van der Waals surface area contributed by atoms with Crippen LogP contribution in [0.15, 0.2) is 59.6 Å². The van der Waals surface area contributed by atoms with Gasteiger partial charge in [-0.2, -0.15) is 13.2 Å². The number of pyridine rings is 1. The lowest BCUT2D eigenvalue weighted by molar-refractivity contribution is -0.138. The van der Waals surface area contributed by atoms with Gasteiger partial charge in [0.1, 0.15) is 5.75 Å². The standard InChI is InChI=1S/C21H18F3N3O2S/c1-29-14-6-8-18-16(10-14)20-19(4-3-9-26-20)27(18)12-13-5-7-15(30(2,25)28)11-17(13)21(22,23)24/h3-11,25H,12H2,1-2H3. The summed E-state index contributed by atoms with van der Waals surface area (Å²) in [6.07, 6.45) is -1.90. The van der Waals surface area contributed by atoms with Crippen LogP contribution in [0.3, 0.4) is 0 Å². The van der Waals surface area contributed by atoms with Crippen molar-refractivity contribution in [2.75, 3.05) is 13.4 Å². The molecule has 0 fully saturated rings. The number of methoxy groups -OCH3 is 1. The zero-order valence-electron chi connectivity index (χ0n) is 16.2. The lowest BCUT2D eigenvalue weighted by atomic mass is 10.1. The maximum absolute atomic E-state index is 13.8. The van der Waals surface area contributed by atoms with Crippen LogP contribution >= 0.6 is 0 Å². The van der Waals surface area contributed by atoms with Gasteiger partial charge >= 0.3 is 6.18 Å². The second-order valence-corrected chi connectivity index (χ2v) is 9.16. The Hall–Kier alpha value is -3.07. The van der Waals surface area contributed by atoms with Crippen molar-refractivity contribution in [3.63, 3.8) is 0 Å². The van der Waals surface area contributed by atoms with E-state index in [1.165, 1.54) is 12.1 Å². The molecule has 2 aromatic carbocycles. The molecule has 0 aliphatic rings. The molecule has 4 rings (SSSR count). The fourth-order valence-electron chi connectivity index (χ4n) is 3.56. The number of ether oxygens (including phenoxy) is 1. The predicted molar refractivity (Wildman–Crippen MR) is 109 cm³/mol. The van der Waals surface area contributed by atoms with Crippen molar-refractivity contribution in [2.45, 2.75) is 17.6 Å². The minimum atomic E-state index is -4.64. The Labute approximate surface area is 171 Å². The van der Waals surface area contributed by atoms with Crippen molar-refractivity contribution in [1.82, 2.24) is 9.55 Å². The highest BCUT2D eigenvalue weighted by molar-refractivity contribution is 7.91. The van der Waals surface area contributed by atoms with Gasteiger partial charge in [-0.05, 0) is 48.0 Å². The summed E-state index contributed by atoms with van der Waals surface area (Å²) in [5.41, 5.74) is 1.21. The Kier molecular flexibility index (Phi) is 4.73. The zero-order valence-corrected chi connectivity index (χ0v) is 17.0. The molecule has 0 amide bonds. The maximum atomic E-state index is 13.8. The number of fused-ring (bicyclic) bond motifs is 3. The first-order chi connectivity index (χ1) is 14.1. The van der Waals surface area contributed by atoms with E-state index in [2.05, 4.69) is 4.98 Å². The van der Waals surface area contributed by atoms with Crippen molar-refractivity contribution in [3.8, 4) is 5.75 Å². The van der Waals surface area contributed by atoms with E-state index in [9.17, 15) is 17.4 Å². The van der Waals surface area contributed by atoms with Crippen LogP contribution in [0, 0.1) is 4.78 Å². The van der Waals surface area contributed by atoms with E-state index < -0.39 is 21.5 Å². The fraction of sp³-hybridized carbons (Fsp3) is 0.190. The third kappa shape index (κ3) is 3.49. The number of hydrogen-bond acceptors (Lipinski definition) is 4. The summed E-state index contributed by atoms with van der Waals surface area (Å²) in [5.74, 6) is 0.626. The number of hydrogen-bond donors (Lipinski definition) is 1. The van der Waals surface area contributed by atoms with E-state index in [-0.39, 0.29) is 17.0 Å². The van der Waals surface area contributed by atoms with Gasteiger partial charge in [0.15, 0.2) is 0 Å². The summed E-state index contributed by atoms with van der Waals surface area (Å²) >= 11 is 0. The largest absolute Gasteiger partial charge is 0.497 e. The zero-order chi connectivity index (χ0) is 21.7. The average Bonchev–Trinajstić information content (AvgIpc) is 3.00. The van der Waals surface area contributed by atoms with Crippen LogP contribution in [0.25, 0.3) is 21.9 Å². The number of aromatic nitrogens is 2. The van der Waals surface area contributed by atoms with Crippen molar-refractivity contribution >= 4 is 31.7 Å². The maximum Gasteiger partial charge on any atom is 0.416 e. The van der Waals surface area contributed by atoms with Gasteiger partial charge in [0.25, 0.3) is 0 Å². The molecule has 1 atom stereocenters. The molecule has 0 radical (unpaired) electrons. The van der Waals surface area contributed by atoms with Crippen molar-refractivity contribution in [1.29, 1.82) is 4.78 Å². The third-order valence-electron chi connectivity index (χ3n) is 4.99. The molecule has 0 saturated heterocycles. The van der Waals surface area contributed by atoms with Crippen molar-refractivity contribution in [3.05, 3.63) is 65.9 Å². The first kappa shape index (κ1) is 20.2. The molecule has 0 aliphatic heterocycles. The summed E-state index contributed by atoms with van der Waals surface area (Å²) in [6.45, 7) is -0.0595. The summed E-state index contributed by atoms with van der Waals surface area (Å²) in [7, 11) is -1.73. The van der Waals surface area contributed by atoms with E-state index in [4.69, 9.17) is 9.52 Å². The van der Waals surface area contributed by atoms with Gasteiger partial charge in [0.05, 0.1) is 39.0 Å². The highest BCUT2D eigenvalue weighted by atomic mass is 32.2. The Morgan fingerprint density at radius 1 is 1.13 bits per heavy atom. The molecule has 2 heterocycles. The topological polar surface area (TPSA) is 68.0 Å². The lowest BCUT2D eigenvalue weighted by Gasteiger charge is -2.16. The molecule has 156 valence electrons. The third-order valence-corrected chi connectivity index (χ3v) is 6.15. The minimum absolute atomic E-state index is 0.0216. The number of rotatable bonds is 4. The van der Waals surface area contributed by atoms with E-state index in [1.54, 1.807) is 48.2 Å². The molecule has 9 heteroatoms. The van der Waals surface area contributed by atoms with Gasteiger partial charge in [-0.1, -0.05) is 6.07 Å². The first-order valence-corrected chi connectivity index (χ1v) is 10.9. The van der Waals surface area contributed by atoms with E-state index >= 15 is 0 Å². The number of nitrogens with one attached hydrogen (secondary N) is 1. The van der Waals surface area contributed by atoms with Crippen LogP contribution in [-0.2, 0) is 22.5 Å². The Bertz CT molecular complexity index is 1380. The Morgan fingerprint density at radius 3 is 2.57 bits per heavy atom. The van der Waals surface area contributed by atoms with Crippen LogP contribution in [0.1, 0.15) is 11.1 Å². The molecule has 0 saturated carbocycles. The highest BCUT2D eigenvalue weighted by Gasteiger charge is 2.34. The summed E-state index contributed by atoms with van der Waals surface area (Å²) in [4.78, 5) is 4.26. The summed E-state index contributed by atoms with van der Waals surface area (Å²) < 4.78 is 68.0. The molecule has 0 spiro atoms. The smallest absolute Gasteiger partial charge is 0.416 e. The van der Waals surface area contributed by atoms with Gasteiger partial charge in [-0.25, -0.2) is 8.99 Å². The quantitative estimate of drug-likeness (QED) is 0.475. The van der Waals surface area contributed by atoms with Gasteiger partial charge in [-0.15, -0.1) is 0 Å². The van der Waals surface area contributed by atoms with E-state index in [0.29, 0.717) is 16.8 Å². The van der Waals surface area contributed by atoms with Crippen molar-refractivity contribution in [2.24, 2.45) is 0 Å². The molecule has 2 aromatic heterocycles. The SMILES string of the molecule is COc1ccc2c(c1)c1ncccc1n2Cc1ccc(S(C)(=N)=O)cc1C(F)(F)F. The molecule has 0 bridgehead atoms. The molecule has 5 nitrogen and oxygen atoms in total. The van der Waals surface area contributed by atoms with Crippen LogP contribution in [0.4, 0.5) is 13.2 Å². The fourth-order valence-corrected chi connectivity index (χ4v) is 4.23. The number of halogens is 3. The summed E-state index contributed by atoms with van der Waals surface area (Å²) in [5, 5.41) is 0.776. The number of benzene rings is 2. The van der Waals surface area contributed by atoms with Crippen LogP contribution in [-0.4, -0.2) is 27.1 Å². The molecular weight excluding hydrogens is 415 g/mol. The summed E-state index contributed by atoms with van der Waals surface area (Å²) in [6, 6.07) is 12.3. The van der Waals surface area contributed by atoms with Gasteiger partial charge in [-0.3, -0.25) is 4.98 Å². The second kappa shape index (κ2) is 7.02. The Morgan fingerprint density at radius 2 is 1.90 bits per heavy atom. The molecule has 1 unspecified atom stereocenters. The number of nitrogens with zero attached hydrogens (tertiary/aromatic N) is 2. The number of alkyl halides is 3. The second-order valence-electron chi connectivity index (χ2n) is 7.00. The normalized spacial score (nSPS) is 14.2. The molecule has 4 aromatic rings. The molecular formula is C21H18F3N3O2S. The van der Waals surface area contributed by atoms with Gasteiger partial charge in [0.2, 0.25) is 0 Å². The molecule has 30 heavy (non-hydrogen) atoms. The van der Waals surface area contributed by atoms with Gasteiger partial charge < -0.3 is 9.30 Å². The monoisotopic (exact) mass is 433 g/mol. The van der Waals surface area contributed by atoms with Crippen LogP contribution in [0.5, 0.6) is 5.75 Å². The lowest BCUT2D eigenvalue weighted by Crippen LogP contribution is -2.13. The molecule has 0 aliphatic carbocycles. The Balaban J connectivity index is 1.95. The van der Waals surface area contributed by atoms with Gasteiger partial charge in [0, 0.05) is 29.3 Å². The highest BCUT2D eigenvalue weighted by Crippen LogP contribution is 2.36. The van der Waals surface area contributed by atoms with Crippen LogP contribution in [0.2, 0.25) is 0 Å².